The van der Waals surface area contributed by atoms with E-state index in [4.69, 9.17) is 5.73 Å². The van der Waals surface area contributed by atoms with E-state index in [1.165, 1.54) is 62.1 Å². The molecule has 5 rings (SSSR count). The van der Waals surface area contributed by atoms with Crippen LogP contribution in [0.1, 0.15) is 28.7 Å². The Bertz CT molecular complexity index is 1130. The highest BCUT2D eigenvalue weighted by Gasteiger charge is 2.20. The first-order valence-corrected chi connectivity index (χ1v) is 9.54. The number of anilines is 1. The van der Waals surface area contributed by atoms with Crippen molar-refractivity contribution < 1.29 is 0 Å². The van der Waals surface area contributed by atoms with Gasteiger partial charge >= 0.3 is 0 Å². The largest absolute Gasteiger partial charge is 0.399 e. The molecule has 0 bridgehead atoms. The maximum atomic E-state index is 6.05. The molecule has 122 valence electrons. The van der Waals surface area contributed by atoms with Crippen LogP contribution in [0.4, 0.5) is 5.69 Å². The van der Waals surface area contributed by atoms with Gasteiger partial charge in [0, 0.05) is 15.5 Å². The summed E-state index contributed by atoms with van der Waals surface area (Å²) in [4.78, 5) is 2.50. The number of fused-ring (bicyclic) bond motifs is 3. The van der Waals surface area contributed by atoms with Crippen LogP contribution in [0.15, 0.2) is 64.4 Å². The highest BCUT2D eigenvalue weighted by Crippen LogP contribution is 2.39. The van der Waals surface area contributed by atoms with Gasteiger partial charge in [-0.3, -0.25) is 0 Å². The second kappa shape index (κ2) is 5.53. The Morgan fingerprint density at radius 2 is 1.72 bits per heavy atom. The fraction of sp³-hybridized carbons (Fsp3) is 0.130. The van der Waals surface area contributed by atoms with Gasteiger partial charge in [0.2, 0.25) is 0 Å². The van der Waals surface area contributed by atoms with E-state index in [1.807, 2.05) is 6.07 Å². The minimum Gasteiger partial charge on any atom is -0.399 e. The minimum absolute atomic E-state index is 0.814. The maximum Gasteiger partial charge on any atom is 0.0325 e. The molecule has 3 aromatic rings. The Balaban J connectivity index is 1.85. The Kier molecular flexibility index (Phi) is 3.29. The molecule has 0 unspecified atom stereocenters. The smallest absolute Gasteiger partial charge is 0.0325 e. The summed E-state index contributed by atoms with van der Waals surface area (Å²) < 4.78 is 0. The molecule has 1 aliphatic carbocycles. The molecule has 0 saturated heterocycles. The van der Waals surface area contributed by atoms with Gasteiger partial charge in [-0.1, -0.05) is 54.7 Å². The SMILES string of the molecule is C=c1ccc2c(c1)Sc1cc(N)ccc1C=2c1ccc2c(c1)CCC2. The predicted octanol–water partition coefficient (Wildman–Crippen LogP) is 3.88. The van der Waals surface area contributed by atoms with Crippen LogP contribution >= 0.6 is 11.8 Å². The summed E-state index contributed by atoms with van der Waals surface area (Å²) in [7, 11) is 0. The van der Waals surface area contributed by atoms with Crippen molar-refractivity contribution in [3.63, 3.8) is 0 Å². The van der Waals surface area contributed by atoms with Crippen LogP contribution in [0.5, 0.6) is 0 Å². The van der Waals surface area contributed by atoms with Crippen LogP contribution in [-0.2, 0) is 12.8 Å². The van der Waals surface area contributed by atoms with Gasteiger partial charge in [-0.2, -0.15) is 0 Å². The molecule has 0 fully saturated rings. The second-order valence-corrected chi connectivity index (χ2v) is 7.98. The zero-order valence-corrected chi connectivity index (χ0v) is 14.8. The summed E-state index contributed by atoms with van der Waals surface area (Å²) in [5.74, 6) is 0. The van der Waals surface area contributed by atoms with Crippen molar-refractivity contribution in [3.8, 4) is 0 Å². The Morgan fingerprint density at radius 3 is 2.64 bits per heavy atom. The predicted molar refractivity (Wildman–Crippen MR) is 106 cm³/mol. The lowest BCUT2D eigenvalue weighted by atomic mass is 9.92. The van der Waals surface area contributed by atoms with Crippen LogP contribution in [0, 0.1) is 0 Å². The average Bonchev–Trinajstić information content (AvgIpc) is 3.07. The number of aryl methyl sites for hydroxylation is 2. The third kappa shape index (κ3) is 2.40. The van der Waals surface area contributed by atoms with Crippen molar-refractivity contribution in [1.29, 1.82) is 0 Å². The van der Waals surface area contributed by atoms with Crippen molar-refractivity contribution in [2.24, 2.45) is 0 Å². The molecular weight excluding hydrogens is 322 g/mol. The summed E-state index contributed by atoms with van der Waals surface area (Å²) in [6.07, 6.45) is 3.69. The molecule has 0 spiro atoms. The van der Waals surface area contributed by atoms with E-state index < -0.39 is 0 Å². The highest BCUT2D eigenvalue weighted by atomic mass is 32.2. The van der Waals surface area contributed by atoms with E-state index >= 15 is 0 Å². The van der Waals surface area contributed by atoms with Gasteiger partial charge < -0.3 is 5.73 Å². The monoisotopic (exact) mass is 341 g/mol. The van der Waals surface area contributed by atoms with Gasteiger partial charge in [-0.05, 0) is 75.7 Å². The van der Waals surface area contributed by atoms with Crippen LogP contribution in [-0.4, -0.2) is 0 Å². The van der Waals surface area contributed by atoms with E-state index in [0.717, 1.165) is 10.9 Å². The molecule has 25 heavy (non-hydrogen) atoms. The first-order chi connectivity index (χ1) is 12.2. The number of hydrogen-bond acceptors (Lipinski definition) is 2. The molecule has 0 amide bonds. The maximum absolute atomic E-state index is 6.05. The third-order valence-corrected chi connectivity index (χ3v) is 6.31. The molecule has 1 heterocycles. The lowest BCUT2D eigenvalue weighted by Gasteiger charge is -2.21. The standard InChI is InChI=1S/C23H19NS/c1-14-5-9-19-21(11-14)25-22-13-18(24)8-10-20(22)23(19)17-7-6-15-3-2-4-16(15)12-17/h5-13H,1-4,24H2. The Labute approximate surface area is 151 Å². The molecule has 2 heteroatoms. The van der Waals surface area contributed by atoms with Crippen molar-refractivity contribution >= 4 is 29.6 Å². The second-order valence-electron chi connectivity index (χ2n) is 6.90. The number of nitrogen functional groups attached to an aromatic ring is 1. The lowest BCUT2D eigenvalue weighted by molar-refractivity contribution is 0.911. The van der Waals surface area contributed by atoms with Gasteiger partial charge in [0.15, 0.2) is 0 Å². The normalized spacial score (nSPS) is 14.8. The van der Waals surface area contributed by atoms with E-state index in [-0.39, 0.29) is 0 Å². The topological polar surface area (TPSA) is 26.0 Å². The highest BCUT2D eigenvalue weighted by molar-refractivity contribution is 7.99. The minimum atomic E-state index is 0.814. The van der Waals surface area contributed by atoms with E-state index in [2.05, 4.69) is 55.1 Å². The van der Waals surface area contributed by atoms with E-state index in [9.17, 15) is 0 Å². The van der Waals surface area contributed by atoms with E-state index in [0.29, 0.717) is 0 Å². The summed E-state index contributed by atoms with van der Waals surface area (Å²) in [5.41, 5.74) is 13.8. The molecule has 0 saturated carbocycles. The number of benzene rings is 3. The van der Waals surface area contributed by atoms with Gasteiger partial charge in [-0.15, -0.1) is 0 Å². The summed E-state index contributed by atoms with van der Waals surface area (Å²) in [6.45, 7) is 4.10. The Hall–Kier alpha value is -2.45. The average molecular weight is 341 g/mol. The molecule has 1 nitrogen and oxygen atoms in total. The van der Waals surface area contributed by atoms with Crippen molar-refractivity contribution in [1.82, 2.24) is 0 Å². The van der Waals surface area contributed by atoms with Crippen LogP contribution in [0.2, 0.25) is 0 Å². The summed E-state index contributed by atoms with van der Waals surface area (Å²) >= 11 is 1.79. The third-order valence-electron chi connectivity index (χ3n) is 5.20. The molecule has 0 aromatic heterocycles. The van der Waals surface area contributed by atoms with Crippen molar-refractivity contribution in [3.05, 3.63) is 87.3 Å². The number of hydrogen-bond donors (Lipinski definition) is 1. The molecular formula is C23H19NS. The summed E-state index contributed by atoms with van der Waals surface area (Å²) in [5, 5.41) is 2.35. The van der Waals surface area contributed by atoms with Crippen LogP contribution in [0.3, 0.4) is 0 Å². The molecule has 2 aliphatic rings. The molecule has 3 aromatic carbocycles. The van der Waals surface area contributed by atoms with Gasteiger partial charge in [0.1, 0.15) is 0 Å². The fourth-order valence-corrected chi connectivity index (χ4v) is 5.19. The van der Waals surface area contributed by atoms with Crippen molar-refractivity contribution in [2.45, 2.75) is 29.1 Å². The quantitative estimate of drug-likeness (QED) is 0.532. The lowest BCUT2D eigenvalue weighted by Crippen LogP contribution is -2.18. The summed E-state index contributed by atoms with van der Waals surface area (Å²) in [6, 6.07) is 19.8. The molecule has 0 radical (unpaired) electrons. The number of rotatable bonds is 1. The molecule has 2 N–H and O–H groups in total. The molecule has 0 atom stereocenters. The van der Waals surface area contributed by atoms with Crippen molar-refractivity contribution in [2.75, 3.05) is 5.73 Å². The first kappa shape index (κ1) is 14.9. The number of nitrogens with two attached hydrogens (primary N) is 1. The van der Waals surface area contributed by atoms with Gasteiger partial charge in [0.05, 0.1) is 0 Å². The van der Waals surface area contributed by atoms with Crippen LogP contribution in [0.25, 0.3) is 12.2 Å². The molecule has 1 aliphatic heterocycles. The Morgan fingerprint density at radius 1 is 0.840 bits per heavy atom. The van der Waals surface area contributed by atoms with E-state index in [1.54, 1.807) is 11.8 Å². The van der Waals surface area contributed by atoms with Gasteiger partial charge in [-0.25, -0.2) is 0 Å². The van der Waals surface area contributed by atoms with Gasteiger partial charge in [0.25, 0.3) is 0 Å². The first-order valence-electron chi connectivity index (χ1n) is 8.72. The zero-order valence-electron chi connectivity index (χ0n) is 14.0. The zero-order chi connectivity index (χ0) is 17.0. The van der Waals surface area contributed by atoms with Crippen LogP contribution < -0.4 is 16.2 Å². The fourth-order valence-electron chi connectivity index (χ4n) is 3.99.